The molecule has 0 fully saturated rings. The van der Waals surface area contributed by atoms with Gasteiger partial charge in [0.05, 0.1) is 17.9 Å². The molecule has 82 valence electrons. The number of nitrogen functional groups attached to an aromatic ring is 1. The summed E-state index contributed by atoms with van der Waals surface area (Å²) in [5.41, 5.74) is 11.3. The summed E-state index contributed by atoms with van der Waals surface area (Å²) in [6.45, 7) is 0.401. The van der Waals surface area contributed by atoms with Crippen LogP contribution in [0, 0.1) is 0 Å². The predicted octanol–water partition coefficient (Wildman–Crippen LogP) is 0.129. The number of carbonyl (C=O) groups is 1. The molecule has 0 aliphatic heterocycles. The second kappa shape index (κ2) is 5.21. The van der Waals surface area contributed by atoms with Crippen LogP contribution in [0.15, 0.2) is 18.2 Å². The van der Waals surface area contributed by atoms with Crippen molar-refractivity contribution in [2.45, 2.75) is 6.42 Å². The Hall–Kier alpha value is -1.75. The van der Waals surface area contributed by atoms with Crippen LogP contribution < -0.4 is 16.2 Å². The molecule has 15 heavy (non-hydrogen) atoms. The average Bonchev–Trinajstić information content (AvgIpc) is 2.20. The summed E-state index contributed by atoms with van der Waals surface area (Å²) < 4.78 is 5.28. The minimum Gasteiger partial charge on any atom is -0.491 e. The maximum Gasteiger partial charge on any atom is 0.250 e. The van der Waals surface area contributed by atoms with Gasteiger partial charge in [-0.05, 0) is 12.1 Å². The van der Waals surface area contributed by atoms with Gasteiger partial charge >= 0.3 is 0 Å². The van der Waals surface area contributed by atoms with E-state index < -0.39 is 5.91 Å². The van der Waals surface area contributed by atoms with Crippen molar-refractivity contribution in [1.29, 1.82) is 0 Å². The third-order valence-electron chi connectivity index (χ3n) is 1.89. The van der Waals surface area contributed by atoms with Crippen molar-refractivity contribution >= 4 is 11.6 Å². The van der Waals surface area contributed by atoms with Crippen molar-refractivity contribution in [2.75, 3.05) is 18.9 Å². The number of nitrogens with two attached hydrogens (primary N) is 2. The highest BCUT2D eigenvalue weighted by atomic mass is 16.5. The number of hydrogen-bond donors (Lipinski definition) is 3. The van der Waals surface area contributed by atoms with Gasteiger partial charge in [-0.15, -0.1) is 0 Å². The maximum absolute atomic E-state index is 11.0. The highest BCUT2D eigenvalue weighted by molar-refractivity contribution is 5.99. The summed E-state index contributed by atoms with van der Waals surface area (Å²) in [5.74, 6) is -0.167. The molecule has 1 rings (SSSR count). The molecule has 0 saturated carbocycles. The van der Waals surface area contributed by atoms with Crippen LogP contribution >= 0.6 is 0 Å². The molecule has 1 aromatic rings. The van der Waals surface area contributed by atoms with Gasteiger partial charge < -0.3 is 21.3 Å². The fourth-order valence-corrected chi connectivity index (χ4v) is 1.13. The van der Waals surface area contributed by atoms with Crippen LogP contribution in [-0.4, -0.2) is 24.2 Å². The average molecular weight is 210 g/mol. The largest absolute Gasteiger partial charge is 0.491 e. The Morgan fingerprint density at radius 2 is 2.20 bits per heavy atom. The number of para-hydroxylation sites is 1. The zero-order chi connectivity index (χ0) is 11.3. The molecule has 0 bridgehead atoms. The monoisotopic (exact) mass is 210 g/mol. The minimum atomic E-state index is -0.583. The van der Waals surface area contributed by atoms with E-state index >= 15 is 0 Å². The quantitative estimate of drug-likeness (QED) is 0.475. The SMILES string of the molecule is NC(=O)c1cccc(OCCCO)c1N. The zero-order valence-corrected chi connectivity index (χ0v) is 8.27. The smallest absolute Gasteiger partial charge is 0.250 e. The Balaban J connectivity index is 2.80. The molecule has 0 aliphatic rings. The number of rotatable bonds is 5. The molecule has 0 atom stereocenters. The van der Waals surface area contributed by atoms with E-state index in [-0.39, 0.29) is 17.9 Å². The first-order chi connectivity index (χ1) is 7.16. The van der Waals surface area contributed by atoms with Crippen LogP contribution in [0.2, 0.25) is 0 Å². The van der Waals surface area contributed by atoms with Crippen LogP contribution in [0.4, 0.5) is 5.69 Å². The first-order valence-corrected chi connectivity index (χ1v) is 4.58. The molecule has 0 spiro atoms. The zero-order valence-electron chi connectivity index (χ0n) is 8.27. The van der Waals surface area contributed by atoms with Gasteiger partial charge in [-0.1, -0.05) is 6.07 Å². The summed E-state index contributed by atoms with van der Waals surface area (Å²) in [6.07, 6.45) is 0.514. The van der Waals surface area contributed by atoms with Gasteiger partial charge in [-0.3, -0.25) is 4.79 Å². The summed E-state index contributed by atoms with van der Waals surface area (Å²) in [5, 5.41) is 8.57. The molecule has 0 aliphatic carbocycles. The molecule has 0 heterocycles. The normalized spacial score (nSPS) is 9.93. The van der Waals surface area contributed by atoms with Gasteiger partial charge in [-0.2, -0.15) is 0 Å². The summed E-state index contributed by atoms with van der Waals surface area (Å²) >= 11 is 0. The fourth-order valence-electron chi connectivity index (χ4n) is 1.13. The van der Waals surface area contributed by atoms with Crippen LogP contribution in [0.5, 0.6) is 5.75 Å². The highest BCUT2D eigenvalue weighted by Crippen LogP contribution is 2.24. The Bertz CT molecular complexity index is 353. The number of hydrogen-bond acceptors (Lipinski definition) is 4. The van der Waals surface area contributed by atoms with E-state index in [0.29, 0.717) is 18.8 Å². The van der Waals surface area contributed by atoms with Crippen LogP contribution in [0.1, 0.15) is 16.8 Å². The minimum absolute atomic E-state index is 0.0510. The van der Waals surface area contributed by atoms with E-state index in [4.69, 9.17) is 21.3 Å². The van der Waals surface area contributed by atoms with E-state index in [1.807, 2.05) is 0 Å². The van der Waals surface area contributed by atoms with Crippen molar-refractivity contribution in [3.8, 4) is 5.75 Å². The number of anilines is 1. The number of aliphatic hydroxyl groups is 1. The lowest BCUT2D eigenvalue weighted by atomic mass is 10.1. The standard InChI is InChI=1S/C10H14N2O3/c11-9-7(10(12)14)3-1-4-8(9)15-6-2-5-13/h1,3-4,13H,2,5-6,11H2,(H2,12,14). The molecule has 1 amide bonds. The molecule has 5 N–H and O–H groups in total. The van der Waals surface area contributed by atoms with E-state index in [1.54, 1.807) is 12.1 Å². The van der Waals surface area contributed by atoms with Crippen molar-refractivity contribution < 1.29 is 14.6 Å². The molecule has 5 heteroatoms. The van der Waals surface area contributed by atoms with Crippen LogP contribution in [0.25, 0.3) is 0 Å². The van der Waals surface area contributed by atoms with Crippen molar-refractivity contribution in [3.05, 3.63) is 23.8 Å². The molecule has 0 unspecified atom stereocenters. The first kappa shape index (κ1) is 11.3. The summed E-state index contributed by atoms with van der Waals surface area (Å²) in [4.78, 5) is 11.0. The topological polar surface area (TPSA) is 98.6 Å². The Morgan fingerprint density at radius 3 is 2.80 bits per heavy atom. The Morgan fingerprint density at radius 1 is 1.47 bits per heavy atom. The van der Waals surface area contributed by atoms with Gasteiger partial charge in [0.25, 0.3) is 5.91 Å². The maximum atomic E-state index is 11.0. The fraction of sp³-hybridized carbons (Fsp3) is 0.300. The second-order valence-corrected chi connectivity index (χ2v) is 3.01. The summed E-state index contributed by atoms with van der Waals surface area (Å²) in [7, 11) is 0. The lowest BCUT2D eigenvalue weighted by Gasteiger charge is -2.09. The van der Waals surface area contributed by atoms with Gasteiger partial charge in [0.1, 0.15) is 5.75 Å². The third kappa shape index (κ3) is 2.85. The van der Waals surface area contributed by atoms with E-state index in [1.165, 1.54) is 6.07 Å². The number of primary amides is 1. The lowest BCUT2D eigenvalue weighted by Crippen LogP contribution is -2.14. The molecule has 5 nitrogen and oxygen atoms in total. The summed E-state index contributed by atoms with van der Waals surface area (Å²) in [6, 6.07) is 4.83. The number of benzene rings is 1. The Labute approximate surface area is 87.6 Å². The van der Waals surface area contributed by atoms with Crippen molar-refractivity contribution in [1.82, 2.24) is 0 Å². The molecular weight excluding hydrogens is 196 g/mol. The lowest BCUT2D eigenvalue weighted by molar-refractivity contribution is 0.100. The molecule has 1 aromatic carbocycles. The number of ether oxygens (including phenoxy) is 1. The molecular formula is C10H14N2O3. The van der Waals surface area contributed by atoms with Gasteiger partial charge in [0, 0.05) is 13.0 Å². The predicted molar refractivity (Wildman–Crippen MR) is 56.6 cm³/mol. The number of amides is 1. The Kier molecular flexibility index (Phi) is 3.93. The molecule has 0 aromatic heterocycles. The first-order valence-electron chi connectivity index (χ1n) is 4.58. The second-order valence-electron chi connectivity index (χ2n) is 3.01. The van der Waals surface area contributed by atoms with E-state index in [2.05, 4.69) is 0 Å². The van der Waals surface area contributed by atoms with Crippen LogP contribution in [-0.2, 0) is 0 Å². The van der Waals surface area contributed by atoms with Gasteiger partial charge in [0.15, 0.2) is 0 Å². The third-order valence-corrected chi connectivity index (χ3v) is 1.89. The number of aliphatic hydroxyl groups excluding tert-OH is 1. The van der Waals surface area contributed by atoms with Crippen molar-refractivity contribution in [2.24, 2.45) is 5.73 Å². The van der Waals surface area contributed by atoms with Gasteiger partial charge in [-0.25, -0.2) is 0 Å². The van der Waals surface area contributed by atoms with Crippen LogP contribution in [0.3, 0.4) is 0 Å². The molecule has 0 radical (unpaired) electrons. The molecule has 0 saturated heterocycles. The van der Waals surface area contributed by atoms with Crippen molar-refractivity contribution in [3.63, 3.8) is 0 Å². The van der Waals surface area contributed by atoms with E-state index in [9.17, 15) is 4.79 Å². The van der Waals surface area contributed by atoms with E-state index in [0.717, 1.165) is 0 Å². The highest BCUT2D eigenvalue weighted by Gasteiger charge is 2.09. The van der Waals surface area contributed by atoms with Gasteiger partial charge in [0.2, 0.25) is 0 Å². The number of carbonyl (C=O) groups excluding carboxylic acids is 1.